The molecule has 0 radical (unpaired) electrons. The van der Waals surface area contributed by atoms with Crippen molar-refractivity contribution in [2.75, 3.05) is 5.33 Å². The molecule has 60 valence electrons. The maximum atomic E-state index is 9.26. The van der Waals surface area contributed by atoms with Crippen molar-refractivity contribution in [3.63, 3.8) is 0 Å². The van der Waals surface area contributed by atoms with Crippen LogP contribution in [0.25, 0.3) is 0 Å². The van der Waals surface area contributed by atoms with Gasteiger partial charge in [0.05, 0.1) is 0 Å². The van der Waals surface area contributed by atoms with Crippen LogP contribution in [0.4, 0.5) is 0 Å². The van der Waals surface area contributed by atoms with E-state index in [0.29, 0.717) is 0 Å². The van der Waals surface area contributed by atoms with E-state index >= 15 is 0 Å². The average molecular weight is 217 g/mol. The van der Waals surface area contributed by atoms with Crippen LogP contribution < -0.4 is 0 Å². The molecule has 0 saturated carbocycles. The van der Waals surface area contributed by atoms with Crippen LogP contribution in [-0.4, -0.2) is 15.5 Å². The fraction of sp³-hybridized carbons (Fsp3) is 0.250. The van der Waals surface area contributed by atoms with E-state index in [0.717, 1.165) is 17.3 Å². The van der Waals surface area contributed by atoms with Gasteiger partial charge in [-0.05, 0) is 18.1 Å². The van der Waals surface area contributed by atoms with E-state index in [4.69, 9.17) is 5.11 Å². The number of alkyl halides is 1. The van der Waals surface area contributed by atoms with Gasteiger partial charge in [-0.2, -0.15) is 0 Å². The number of para-hydroxylation sites is 1. The minimum absolute atomic E-state index is 0.00745. The second kappa shape index (κ2) is 3.62. The molecule has 1 aromatic rings. The summed E-state index contributed by atoms with van der Waals surface area (Å²) in [6.45, 7) is 0. The smallest absolute Gasteiger partial charge is 0.160 e. The molecule has 0 saturated heterocycles. The molecule has 0 fully saturated rings. The Labute approximate surface area is 73.6 Å². The van der Waals surface area contributed by atoms with Crippen molar-refractivity contribution in [2.24, 2.45) is 0 Å². The quantitative estimate of drug-likeness (QED) is 0.587. The number of hydrogen-bond acceptors (Lipinski definition) is 2. The van der Waals surface area contributed by atoms with Gasteiger partial charge in [-0.15, -0.1) is 0 Å². The fourth-order valence-corrected chi connectivity index (χ4v) is 1.31. The molecular weight excluding hydrogens is 208 g/mol. The highest BCUT2D eigenvalue weighted by Gasteiger charge is 2.03. The van der Waals surface area contributed by atoms with Crippen molar-refractivity contribution in [1.29, 1.82) is 0 Å². The summed E-state index contributed by atoms with van der Waals surface area (Å²) in [6, 6.07) is 4.97. The van der Waals surface area contributed by atoms with Gasteiger partial charge in [-0.3, -0.25) is 0 Å². The van der Waals surface area contributed by atoms with Crippen LogP contribution in [0.1, 0.15) is 5.56 Å². The van der Waals surface area contributed by atoms with Crippen molar-refractivity contribution in [2.45, 2.75) is 6.42 Å². The van der Waals surface area contributed by atoms with Gasteiger partial charge in [0.2, 0.25) is 0 Å². The van der Waals surface area contributed by atoms with E-state index in [1.165, 1.54) is 6.07 Å². The third-order valence-electron chi connectivity index (χ3n) is 1.46. The number of phenolic OH excluding ortho intramolecular Hbond substituents is 2. The first-order chi connectivity index (χ1) is 5.25. The Bertz CT molecular complexity index is 248. The third kappa shape index (κ3) is 1.87. The van der Waals surface area contributed by atoms with Crippen molar-refractivity contribution < 1.29 is 10.2 Å². The normalized spacial score (nSPS) is 9.91. The molecule has 2 N–H and O–H groups in total. The van der Waals surface area contributed by atoms with Crippen LogP contribution in [0.5, 0.6) is 11.5 Å². The molecule has 0 aromatic heterocycles. The van der Waals surface area contributed by atoms with E-state index < -0.39 is 0 Å². The minimum atomic E-state index is -0.0524. The summed E-state index contributed by atoms with van der Waals surface area (Å²) in [5.41, 5.74) is 0.766. The molecule has 0 aliphatic rings. The molecule has 0 heterocycles. The van der Waals surface area contributed by atoms with E-state index in [9.17, 15) is 5.11 Å². The highest BCUT2D eigenvalue weighted by Crippen LogP contribution is 2.28. The standard InChI is InChI=1S/C8H9BrO2/c9-5-4-6-2-1-3-7(10)8(6)11/h1-3,10-11H,4-5H2. The Kier molecular flexibility index (Phi) is 2.76. The van der Waals surface area contributed by atoms with Gasteiger partial charge < -0.3 is 10.2 Å². The molecule has 0 amide bonds. The van der Waals surface area contributed by atoms with E-state index in [2.05, 4.69) is 15.9 Å². The van der Waals surface area contributed by atoms with Gasteiger partial charge in [0.15, 0.2) is 11.5 Å². The summed E-state index contributed by atoms with van der Waals surface area (Å²) in [6.07, 6.45) is 0.722. The molecule has 0 spiro atoms. The van der Waals surface area contributed by atoms with Gasteiger partial charge in [0.1, 0.15) is 0 Å². The van der Waals surface area contributed by atoms with Crippen LogP contribution in [0.3, 0.4) is 0 Å². The highest BCUT2D eigenvalue weighted by molar-refractivity contribution is 9.09. The van der Waals surface area contributed by atoms with Gasteiger partial charge in [0, 0.05) is 5.33 Å². The predicted molar refractivity (Wildman–Crippen MR) is 47.3 cm³/mol. The highest BCUT2D eigenvalue weighted by atomic mass is 79.9. The van der Waals surface area contributed by atoms with Crippen LogP contribution in [0, 0.1) is 0 Å². The predicted octanol–water partition coefficient (Wildman–Crippen LogP) is 2.04. The average Bonchev–Trinajstić information content (AvgIpc) is 1.99. The lowest BCUT2D eigenvalue weighted by Gasteiger charge is -2.02. The monoisotopic (exact) mass is 216 g/mol. The molecule has 0 unspecified atom stereocenters. The zero-order chi connectivity index (χ0) is 8.27. The number of aryl methyl sites for hydroxylation is 1. The molecule has 11 heavy (non-hydrogen) atoms. The topological polar surface area (TPSA) is 40.5 Å². The lowest BCUT2D eigenvalue weighted by molar-refractivity contribution is 0.400. The Balaban J connectivity index is 2.96. The molecule has 1 aromatic carbocycles. The SMILES string of the molecule is Oc1cccc(CCBr)c1O. The first-order valence-corrected chi connectivity index (χ1v) is 4.43. The third-order valence-corrected chi connectivity index (χ3v) is 1.86. The number of aromatic hydroxyl groups is 2. The molecule has 0 aliphatic carbocycles. The minimum Gasteiger partial charge on any atom is -0.504 e. The molecule has 0 bridgehead atoms. The van der Waals surface area contributed by atoms with Crippen LogP contribution in [-0.2, 0) is 6.42 Å². The maximum absolute atomic E-state index is 9.26. The number of halogens is 1. The number of benzene rings is 1. The van der Waals surface area contributed by atoms with Crippen LogP contribution >= 0.6 is 15.9 Å². The zero-order valence-electron chi connectivity index (χ0n) is 5.92. The van der Waals surface area contributed by atoms with Gasteiger partial charge in [-0.25, -0.2) is 0 Å². The van der Waals surface area contributed by atoms with Gasteiger partial charge in [-0.1, -0.05) is 28.1 Å². The fourth-order valence-electron chi connectivity index (χ4n) is 0.881. The molecule has 1 rings (SSSR count). The Hall–Kier alpha value is -0.700. The summed E-state index contributed by atoms with van der Waals surface area (Å²) < 4.78 is 0. The first-order valence-electron chi connectivity index (χ1n) is 3.31. The Morgan fingerprint density at radius 1 is 1.27 bits per heavy atom. The molecule has 0 aliphatic heterocycles. The lowest BCUT2D eigenvalue weighted by atomic mass is 10.1. The summed E-state index contributed by atoms with van der Waals surface area (Å²) >= 11 is 3.25. The maximum Gasteiger partial charge on any atom is 0.160 e. The largest absolute Gasteiger partial charge is 0.504 e. The molecular formula is C8H9BrO2. The number of rotatable bonds is 2. The van der Waals surface area contributed by atoms with Gasteiger partial charge >= 0.3 is 0 Å². The summed E-state index contributed by atoms with van der Waals surface area (Å²) in [5, 5.41) is 19.1. The summed E-state index contributed by atoms with van der Waals surface area (Å²) in [5.74, 6) is -0.0598. The van der Waals surface area contributed by atoms with Gasteiger partial charge in [0.25, 0.3) is 0 Å². The number of phenols is 2. The van der Waals surface area contributed by atoms with E-state index in [-0.39, 0.29) is 11.5 Å². The Morgan fingerprint density at radius 3 is 2.64 bits per heavy atom. The molecule has 2 nitrogen and oxygen atoms in total. The van der Waals surface area contributed by atoms with Crippen molar-refractivity contribution in [3.05, 3.63) is 23.8 Å². The lowest BCUT2D eigenvalue weighted by Crippen LogP contribution is -1.85. The van der Waals surface area contributed by atoms with Crippen molar-refractivity contribution >= 4 is 15.9 Å². The second-order valence-electron chi connectivity index (χ2n) is 2.22. The summed E-state index contributed by atoms with van der Waals surface area (Å²) in [7, 11) is 0. The molecule has 3 heteroatoms. The molecule has 0 atom stereocenters. The zero-order valence-corrected chi connectivity index (χ0v) is 7.50. The van der Waals surface area contributed by atoms with E-state index in [1.807, 2.05) is 0 Å². The van der Waals surface area contributed by atoms with Crippen LogP contribution in [0.15, 0.2) is 18.2 Å². The second-order valence-corrected chi connectivity index (χ2v) is 3.02. The van der Waals surface area contributed by atoms with Crippen molar-refractivity contribution in [3.8, 4) is 11.5 Å². The summed E-state index contributed by atoms with van der Waals surface area (Å²) in [4.78, 5) is 0. The Morgan fingerprint density at radius 2 is 2.00 bits per heavy atom. The van der Waals surface area contributed by atoms with E-state index in [1.54, 1.807) is 12.1 Å². The van der Waals surface area contributed by atoms with Crippen LogP contribution in [0.2, 0.25) is 0 Å². The number of hydrogen-bond donors (Lipinski definition) is 2. The van der Waals surface area contributed by atoms with Crippen molar-refractivity contribution in [1.82, 2.24) is 0 Å². The first kappa shape index (κ1) is 8.40.